The van der Waals surface area contributed by atoms with E-state index in [1.165, 1.54) is 38.5 Å². The van der Waals surface area contributed by atoms with Crippen molar-refractivity contribution in [1.82, 2.24) is 0 Å². The van der Waals surface area contributed by atoms with Crippen LogP contribution in [-0.2, 0) is 8.85 Å². The Labute approximate surface area is 96.6 Å². The summed E-state index contributed by atoms with van der Waals surface area (Å²) < 4.78 is 11.7. The third-order valence-corrected chi connectivity index (χ3v) is 4.19. The van der Waals surface area contributed by atoms with Gasteiger partial charge in [-0.25, -0.2) is 0 Å². The highest BCUT2D eigenvalue weighted by Crippen LogP contribution is 2.09. The molecular weight excluding hydrogens is 204 g/mol. The molecule has 0 atom stereocenters. The van der Waals surface area contributed by atoms with E-state index in [9.17, 15) is 0 Å². The van der Waals surface area contributed by atoms with E-state index in [4.69, 9.17) is 8.85 Å². The van der Waals surface area contributed by atoms with Crippen molar-refractivity contribution in [2.45, 2.75) is 65.5 Å². The van der Waals surface area contributed by atoms with Crippen molar-refractivity contribution >= 4 is 8.56 Å². The van der Waals surface area contributed by atoms with Gasteiger partial charge in [0.2, 0.25) is 0 Å². The van der Waals surface area contributed by atoms with Crippen molar-refractivity contribution in [3.05, 3.63) is 0 Å². The maximum Gasteiger partial charge on any atom is 0.331 e. The van der Waals surface area contributed by atoms with E-state index in [1.54, 1.807) is 0 Å². The van der Waals surface area contributed by atoms with Crippen LogP contribution in [0.4, 0.5) is 0 Å². The Morgan fingerprint density at radius 3 is 1.47 bits per heavy atom. The average molecular weight is 232 g/mol. The largest absolute Gasteiger partial charge is 0.395 e. The molecule has 0 heterocycles. The second kappa shape index (κ2) is 9.37. The fraction of sp³-hybridized carbons (Fsp3) is 1.00. The first kappa shape index (κ1) is 15.1. The lowest BCUT2D eigenvalue weighted by molar-refractivity contribution is 0.173. The van der Waals surface area contributed by atoms with E-state index in [0.29, 0.717) is 0 Å². The van der Waals surface area contributed by atoms with Crippen molar-refractivity contribution in [2.75, 3.05) is 13.2 Å². The van der Waals surface area contributed by atoms with Gasteiger partial charge in [0.1, 0.15) is 0 Å². The molecule has 92 valence electrons. The number of unbranched alkanes of at least 4 members (excludes halogenated alkanes) is 4. The Hall–Kier alpha value is 0.137. The van der Waals surface area contributed by atoms with E-state index in [-0.39, 0.29) is 0 Å². The molecule has 0 aliphatic rings. The van der Waals surface area contributed by atoms with Gasteiger partial charge in [-0.05, 0) is 25.9 Å². The summed E-state index contributed by atoms with van der Waals surface area (Å²) in [5, 5.41) is 0. The zero-order valence-electron chi connectivity index (χ0n) is 11.0. The molecule has 0 rings (SSSR count). The van der Waals surface area contributed by atoms with E-state index < -0.39 is 8.56 Å². The molecule has 15 heavy (non-hydrogen) atoms. The Bertz CT molecular complexity index is 124. The Morgan fingerprint density at radius 1 is 0.733 bits per heavy atom. The summed E-state index contributed by atoms with van der Waals surface area (Å²) in [6, 6.07) is 0. The van der Waals surface area contributed by atoms with Gasteiger partial charge in [-0.1, -0.05) is 39.5 Å². The van der Waals surface area contributed by atoms with Gasteiger partial charge in [0.05, 0.1) is 0 Å². The van der Waals surface area contributed by atoms with Crippen molar-refractivity contribution in [1.29, 1.82) is 0 Å². The van der Waals surface area contributed by atoms with Gasteiger partial charge in [-0.2, -0.15) is 0 Å². The molecule has 0 spiro atoms. The second-order valence-corrected chi connectivity index (χ2v) is 7.89. The maximum absolute atomic E-state index is 5.83. The number of hydrogen-bond donors (Lipinski definition) is 0. The number of hydrogen-bond acceptors (Lipinski definition) is 2. The van der Waals surface area contributed by atoms with Crippen molar-refractivity contribution in [2.24, 2.45) is 0 Å². The average Bonchev–Trinajstić information content (AvgIpc) is 2.20. The van der Waals surface area contributed by atoms with E-state index in [1.807, 2.05) is 0 Å². The molecule has 0 unspecified atom stereocenters. The zero-order chi connectivity index (χ0) is 11.6. The van der Waals surface area contributed by atoms with E-state index >= 15 is 0 Å². The SMILES string of the molecule is CCCCCO[Si](C)(C)OCCCCC. The summed E-state index contributed by atoms with van der Waals surface area (Å²) in [5.74, 6) is 0. The second-order valence-electron chi connectivity index (χ2n) is 4.51. The minimum Gasteiger partial charge on any atom is -0.395 e. The molecule has 0 aromatic rings. The predicted molar refractivity (Wildman–Crippen MR) is 68.4 cm³/mol. The van der Waals surface area contributed by atoms with Gasteiger partial charge in [0.25, 0.3) is 0 Å². The maximum atomic E-state index is 5.83. The molecule has 0 aromatic carbocycles. The molecule has 0 bridgehead atoms. The van der Waals surface area contributed by atoms with Crippen LogP contribution in [0.15, 0.2) is 0 Å². The molecule has 0 aliphatic carbocycles. The van der Waals surface area contributed by atoms with Crippen LogP contribution in [0.5, 0.6) is 0 Å². The van der Waals surface area contributed by atoms with Crippen molar-refractivity contribution in [3.8, 4) is 0 Å². The molecule has 0 N–H and O–H groups in total. The zero-order valence-corrected chi connectivity index (χ0v) is 12.0. The summed E-state index contributed by atoms with van der Waals surface area (Å²) in [6.07, 6.45) is 7.38. The summed E-state index contributed by atoms with van der Waals surface area (Å²) >= 11 is 0. The first-order valence-electron chi connectivity index (χ1n) is 6.40. The van der Waals surface area contributed by atoms with Crippen LogP contribution < -0.4 is 0 Å². The lowest BCUT2D eigenvalue weighted by atomic mass is 10.3. The Balaban J connectivity index is 3.40. The third-order valence-electron chi connectivity index (χ3n) is 2.40. The molecular formula is C12H28O2Si. The molecule has 0 aromatic heterocycles. The van der Waals surface area contributed by atoms with Gasteiger partial charge in [-0.15, -0.1) is 0 Å². The third kappa shape index (κ3) is 10.4. The normalized spacial score (nSPS) is 12.0. The van der Waals surface area contributed by atoms with Crippen molar-refractivity contribution in [3.63, 3.8) is 0 Å². The number of rotatable bonds is 10. The van der Waals surface area contributed by atoms with Crippen LogP contribution in [0.2, 0.25) is 13.1 Å². The van der Waals surface area contributed by atoms with E-state index in [0.717, 1.165) is 13.2 Å². The van der Waals surface area contributed by atoms with Crippen molar-refractivity contribution < 1.29 is 8.85 Å². The molecule has 0 aliphatic heterocycles. The lowest BCUT2D eigenvalue weighted by Crippen LogP contribution is -2.35. The van der Waals surface area contributed by atoms with Crippen LogP contribution in [0.1, 0.15) is 52.4 Å². The van der Waals surface area contributed by atoms with Gasteiger partial charge < -0.3 is 8.85 Å². The Morgan fingerprint density at radius 2 is 1.13 bits per heavy atom. The monoisotopic (exact) mass is 232 g/mol. The summed E-state index contributed by atoms with van der Waals surface area (Å²) in [4.78, 5) is 0. The van der Waals surface area contributed by atoms with Crippen LogP contribution in [0, 0.1) is 0 Å². The van der Waals surface area contributed by atoms with Crippen LogP contribution in [0.25, 0.3) is 0 Å². The quantitative estimate of drug-likeness (QED) is 0.417. The van der Waals surface area contributed by atoms with Gasteiger partial charge >= 0.3 is 8.56 Å². The molecule has 2 nitrogen and oxygen atoms in total. The van der Waals surface area contributed by atoms with Crippen LogP contribution in [0.3, 0.4) is 0 Å². The molecule has 0 saturated carbocycles. The molecule has 0 fully saturated rings. The topological polar surface area (TPSA) is 18.5 Å². The molecule has 0 saturated heterocycles. The summed E-state index contributed by atoms with van der Waals surface area (Å²) in [6.45, 7) is 10.5. The highest BCUT2D eigenvalue weighted by molar-refractivity contribution is 6.64. The standard InChI is InChI=1S/C12H28O2Si/c1-5-7-9-11-13-15(3,4)14-12-10-8-6-2/h5-12H2,1-4H3. The highest BCUT2D eigenvalue weighted by Gasteiger charge is 2.23. The minimum atomic E-state index is -1.80. The summed E-state index contributed by atoms with van der Waals surface area (Å²) in [7, 11) is -1.80. The van der Waals surface area contributed by atoms with Crippen LogP contribution >= 0.6 is 0 Å². The smallest absolute Gasteiger partial charge is 0.331 e. The fourth-order valence-electron chi connectivity index (χ4n) is 1.38. The van der Waals surface area contributed by atoms with E-state index in [2.05, 4.69) is 26.9 Å². The minimum absolute atomic E-state index is 0.876. The first-order valence-corrected chi connectivity index (χ1v) is 9.22. The predicted octanol–water partition coefficient (Wildman–Crippen LogP) is 4.10. The highest BCUT2D eigenvalue weighted by atomic mass is 28.4. The van der Waals surface area contributed by atoms with Crippen LogP contribution in [-0.4, -0.2) is 21.8 Å². The summed E-state index contributed by atoms with van der Waals surface area (Å²) in [5.41, 5.74) is 0. The van der Waals surface area contributed by atoms with Gasteiger partial charge in [0.15, 0.2) is 0 Å². The molecule has 0 amide bonds. The van der Waals surface area contributed by atoms with Gasteiger partial charge in [-0.3, -0.25) is 0 Å². The Kier molecular flexibility index (Phi) is 9.45. The first-order chi connectivity index (χ1) is 7.12. The molecule has 0 radical (unpaired) electrons. The van der Waals surface area contributed by atoms with Gasteiger partial charge in [0, 0.05) is 13.2 Å². The molecule has 3 heteroatoms. The fourth-order valence-corrected chi connectivity index (χ4v) is 2.74. The lowest BCUT2D eigenvalue weighted by Gasteiger charge is -2.22.